The monoisotopic (exact) mass is 221 g/mol. The van der Waals surface area contributed by atoms with Crippen molar-refractivity contribution in [1.82, 2.24) is 4.98 Å². The predicted molar refractivity (Wildman–Crippen MR) is 58.5 cm³/mol. The number of ether oxygens (including phenoxy) is 1. The van der Waals surface area contributed by atoms with Crippen LogP contribution in [0.15, 0.2) is 12.3 Å². The van der Waals surface area contributed by atoms with Crippen LogP contribution >= 0.6 is 0 Å². The van der Waals surface area contributed by atoms with E-state index in [2.05, 4.69) is 4.98 Å². The highest BCUT2D eigenvalue weighted by Crippen LogP contribution is 2.48. The molecule has 1 saturated carbocycles. The number of pyridine rings is 1. The zero-order valence-corrected chi connectivity index (χ0v) is 9.49. The van der Waals surface area contributed by atoms with Crippen molar-refractivity contribution in [3.05, 3.63) is 23.4 Å². The minimum atomic E-state index is -0.694. The summed E-state index contributed by atoms with van der Waals surface area (Å²) in [5.41, 5.74) is 1.39. The Hall–Kier alpha value is -1.58. The summed E-state index contributed by atoms with van der Waals surface area (Å²) in [7, 11) is 1.58. The molecule has 2 rings (SSSR count). The van der Waals surface area contributed by atoms with Crippen LogP contribution in [0.1, 0.15) is 24.0 Å². The number of rotatable bonds is 4. The fraction of sp³-hybridized carbons (Fsp3) is 0.500. The maximum Gasteiger partial charge on any atom is 0.309 e. The van der Waals surface area contributed by atoms with E-state index >= 15 is 0 Å². The zero-order valence-electron chi connectivity index (χ0n) is 9.49. The number of carbonyl (C=O) groups is 1. The van der Waals surface area contributed by atoms with E-state index in [9.17, 15) is 4.79 Å². The lowest BCUT2D eigenvalue weighted by molar-refractivity contribution is -0.143. The van der Waals surface area contributed by atoms with E-state index < -0.39 is 11.4 Å². The van der Waals surface area contributed by atoms with Crippen LogP contribution in [-0.2, 0) is 11.2 Å². The van der Waals surface area contributed by atoms with Gasteiger partial charge in [0.1, 0.15) is 0 Å². The van der Waals surface area contributed by atoms with E-state index in [4.69, 9.17) is 9.84 Å². The van der Waals surface area contributed by atoms with Gasteiger partial charge in [0, 0.05) is 11.8 Å². The highest BCUT2D eigenvalue weighted by Gasteiger charge is 2.50. The topological polar surface area (TPSA) is 59.4 Å². The quantitative estimate of drug-likeness (QED) is 0.842. The molecule has 0 spiro atoms. The predicted octanol–water partition coefficient (Wildman–Crippen LogP) is 1.81. The van der Waals surface area contributed by atoms with E-state index in [0.717, 1.165) is 24.0 Å². The molecule has 1 fully saturated rings. The first kappa shape index (κ1) is 10.9. The van der Waals surface area contributed by atoms with Gasteiger partial charge in [0.2, 0.25) is 5.88 Å². The van der Waals surface area contributed by atoms with Crippen molar-refractivity contribution in [1.29, 1.82) is 0 Å². The molecule has 0 amide bonds. The molecule has 86 valence electrons. The maximum absolute atomic E-state index is 11.1. The Bertz CT molecular complexity index is 424. The molecule has 4 nitrogen and oxygen atoms in total. The Morgan fingerprint density at radius 2 is 2.31 bits per heavy atom. The molecular weight excluding hydrogens is 206 g/mol. The molecule has 0 aromatic carbocycles. The molecule has 0 saturated heterocycles. The molecule has 16 heavy (non-hydrogen) atoms. The normalized spacial score (nSPS) is 16.9. The lowest BCUT2D eigenvalue weighted by Gasteiger charge is -2.10. The van der Waals surface area contributed by atoms with Gasteiger partial charge in [0.05, 0.1) is 12.5 Å². The molecule has 1 heterocycles. The number of hydrogen-bond acceptors (Lipinski definition) is 3. The van der Waals surface area contributed by atoms with Crippen LogP contribution in [0.4, 0.5) is 0 Å². The number of aryl methyl sites for hydroxylation is 1. The van der Waals surface area contributed by atoms with Gasteiger partial charge in [0.25, 0.3) is 0 Å². The molecule has 0 unspecified atom stereocenters. The molecule has 0 atom stereocenters. The molecule has 1 aromatic heterocycles. The maximum atomic E-state index is 11.1. The lowest BCUT2D eigenvalue weighted by Crippen LogP contribution is -2.17. The van der Waals surface area contributed by atoms with E-state index in [-0.39, 0.29) is 0 Å². The smallest absolute Gasteiger partial charge is 0.309 e. The number of methoxy groups -OCH3 is 1. The van der Waals surface area contributed by atoms with Gasteiger partial charge >= 0.3 is 5.97 Å². The third-order valence-corrected chi connectivity index (χ3v) is 3.13. The summed E-state index contributed by atoms with van der Waals surface area (Å²) in [6.07, 6.45) is 3.82. The van der Waals surface area contributed by atoms with E-state index in [1.54, 1.807) is 13.3 Å². The molecule has 4 heteroatoms. The number of aromatic nitrogens is 1. The highest BCUT2D eigenvalue weighted by atomic mass is 16.5. The summed E-state index contributed by atoms with van der Waals surface area (Å²) >= 11 is 0. The lowest BCUT2D eigenvalue weighted by atomic mass is 9.97. The van der Waals surface area contributed by atoms with Gasteiger partial charge < -0.3 is 9.84 Å². The van der Waals surface area contributed by atoms with E-state index in [1.165, 1.54) is 0 Å². The van der Waals surface area contributed by atoms with Gasteiger partial charge in [-0.15, -0.1) is 0 Å². The number of aliphatic carboxylic acids is 1. The summed E-state index contributed by atoms with van der Waals surface area (Å²) in [5, 5.41) is 9.09. The van der Waals surface area contributed by atoms with Gasteiger partial charge in [-0.2, -0.15) is 0 Å². The van der Waals surface area contributed by atoms with Crippen LogP contribution in [0.3, 0.4) is 0 Å². The molecule has 1 aliphatic carbocycles. The summed E-state index contributed by atoms with van der Waals surface area (Å²) in [5.74, 6) is -0.0927. The number of nitrogens with zero attached hydrogens (tertiary/aromatic N) is 1. The van der Waals surface area contributed by atoms with Gasteiger partial charge in [-0.1, -0.05) is 0 Å². The third-order valence-electron chi connectivity index (χ3n) is 3.13. The van der Waals surface area contributed by atoms with E-state index in [1.807, 2.05) is 13.0 Å². The summed E-state index contributed by atoms with van der Waals surface area (Å²) < 4.78 is 5.07. The second kappa shape index (κ2) is 3.77. The van der Waals surface area contributed by atoms with Gasteiger partial charge in [-0.05, 0) is 37.8 Å². The van der Waals surface area contributed by atoms with Crippen molar-refractivity contribution < 1.29 is 14.6 Å². The van der Waals surface area contributed by atoms with Crippen molar-refractivity contribution in [2.45, 2.75) is 26.2 Å². The SMILES string of the molecule is COc1ncc(CC2(C(=O)O)CC2)cc1C. The largest absolute Gasteiger partial charge is 0.481 e. The summed E-state index contributed by atoms with van der Waals surface area (Å²) in [6.45, 7) is 1.91. The summed E-state index contributed by atoms with van der Waals surface area (Å²) in [6, 6.07) is 1.95. The van der Waals surface area contributed by atoms with Crippen LogP contribution < -0.4 is 4.74 Å². The summed E-state index contributed by atoms with van der Waals surface area (Å²) in [4.78, 5) is 15.2. The highest BCUT2D eigenvalue weighted by molar-refractivity contribution is 5.78. The second-order valence-corrected chi connectivity index (χ2v) is 4.43. The molecule has 0 aliphatic heterocycles. The average Bonchev–Trinajstić information content (AvgIpc) is 2.99. The second-order valence-electron chi connectivity index (χ2n) is 4.43. The first-order chi connectivity index (χ1) is 7.57. The third kappa shape index (κ3) is 1.87. The van der Waals surface area contributed by atoms with Crippen molar-refractivity contribution in [2.24, 2.45) is 5.41 Å². The van der Waals surface area contributed by atoms with Crippen molar-refractivity contribution >= 4 is 5.97 Å². The van der Waals surface area contributed by atoms with Crippen LogP contribution in [0.5, 0.6) is 5.88 Å². The van der Waals surface area contributed by atoms with Gasteiger partial charge in [-0.25, -0.2) is 4.98 Å². The number of carboxylic acid groups (broad SMARTS) is 1. The van der Waals surface area contributed by atoms with Gasteiger partial charge in [0.15, 0.2) is 0 Å². The molecule has 1 aromatic rings. The fourth-order valence-electron chi connectivity index (χ4n) is 1.94. The Morgan fingerprint density at radius 1 is 1.62 bits per heavy atom. The first-order valence-corrected chi connectivity index (χ1v) is 5.30. The van der Waals surface area contributed by atoms with Crippen LogP contribution in [0.2, 0.25) is 0 Å². The van der Waals surface area contributed by atoms with Crippen molar-refractivity contribution in [3.63, 3.8) is 0 Å². The molecule has 1 aliphatic rings. The van der Waals surface area contributed by atoms with Crippen LogP contribution in [-0.4, -0.2) is 23.2 Å². The van der Waals surface area contributed by atoms with Gasteiger partial charge in [-0.3, -0.25) is 4.79 Å². The van der Waals surface area contributed by atoms with Crippen molar-refractivity contribution in [2.75, 3.05) is 7.11 Å². The fourth-order valence-corrected chi connectivity index (χ4v) is 1.94. The molecular formula is C12H15NO3. The minimum Gasteiger partial charge on any atom is -0.481 e. The Kier molecular flexibility index (Phi) is 2.58. The molecule has 0 radical (unpaired) electrons. The molecule has 1 N–H and O–H groups in total. The number of carboxylic acids is 1. The average molecular weight is 221 g/mol. The Labute approximate surface area is 94.3 Å². The number of hydrogen-bond donors (Lipinski definition) is 1. The zero-order chi connectivity index (χ0) is 11.8. The minimum absolute atomic E-state index is 0.525. The van der Waals surface area contributed by atoms with E-state index in [0.29, 0.717) is 12.3 Å². The van der Waals surface area contributed by atoms with Crippen molar-refractivity contribution in [3.8, 4) is 5.88 Å². The standard InChI is InChI=1S/C12H15NO3/c1-8-5-9(7-13-10(8)16-2)6-12(3-4-12)11(14)15/h5,7H,3-4,6H2,1-2H3,(H,14,15). The first-order valence-electron chi connectivity index (χ1n) is 5.30. The molecule has 0 bridgehead atoms. The Morgan fingerprint density at radius 3 is 2.75 bits per heavy atom. The van der Waals surface area contributed by atoms with Crippen LogP contribution in [0.25, 0.3) is 0 Å². The van der Waals surface area contributed by atoms with Crippen LogP contribution in [0, 0.1) is 12.3 Å². The Balaban J connectivity index is 2.17.